The smallest absolute Gasteiger partial charge is 0.255 e. The molecular formula is C22H25N3O3S. The number of amides is 1. The number of carbonyl (C=O) groups excluding carboxylic acids is 1. The van der Waals surface area contributed by atoms with Crippen LogP contribution in [0.1, 0.15) is 40.3 Å². The topological polar surface area (TPSA) is 85.4 Å². The summed E-state index contributed by atoms with van der Waals surface area (Å²) in [6, 6.07) is 17.8. The van der Waals surface area contributed by atoms with Gasteiger partial charge in [-0.15, -0.1) is 0 Å². The summed E-state index contributed by atoms with van der Waals surface area (Å²) in [5, 5.41) is 5.24. The molecule has 0 saturated heterocycles. The quantitative estimate of drug-likeness (QED) is 0.696. The predicted molar refractivity (Wildman–Crippen MR) is 114 cm³/mol. The first-order valence-electron chi connectivity index (χ1n) is 9.25. The van der Waals surface area contributed by atoms with E-state index in [1.54, 1.807) is 24.1 Å². The van der Waals surface area contributed by atoms with Crippen molar-refractivity contribution < 1.29 is 13.2 Å². The largest absolute Gasteiger partial charge is 0.335 e. The van der Waals surface area contributed by atoms with Gasteiger partial charge in [0.1, 0.15) is 0 Å². The summed E-state index contributed by atoms with van der Waals surface area (Å²) in [5.41, 5.74) is 4.14. The highest BCUT2D eigenvalue weighted by Gasteiger charge is 2.24. The fraction of sp³-hybridized carbons (Fsp3) is 0.227. The summed E-state index contributed by atoms with van der Waals surface area (Å²) in [4.78, 5) is 14.9. The number of hydrogen-bond acceptors (Lipinski definition) is 3. The number of para-hydroxylation sites is 1. The third-order valence-electron chi connectivity index (χ3n) is 5.25. The maximum Gasteiger partial charge on any atom is 0.255 e. The van der Waals surface area contributed by atoms with Gasteiger partial charge in [-0.2, -0.15) is 0 Å². The highest BCUT2D eigenvalue weighted by atomic mass is 32.2. The maximum atomic E-state index is 13.2. The standard InChI is InChI=1S/C22H25N3O3S/c1-15-13-21(17(3)25(15)19-10-6-5-7-11-19)22(26)24(4)16(2)18-9-8-12-20(14-18)29(23,27)28/h5-14,16H,1-4H3,(H2,23,27,28). The minimum atomic E-state index is -3.80. The summed E-state index contributed by atoms with van der Waals surface area (Å²) in [7, 11) is -2.09. The Morgan fingerprint density at radius 1 is 1.03 bits per heavy atom. The average molecular weight is 412 g/mol. The molecule has 3 rings (SSSR count). The van der Waals surface area contributed by atoms with Gasteiger partial charge in [-0.3, -0.25) is 4.79 Å². The molecule has 1 amide bonds. The van der Waals surface area contributed by atoms with Gasteiger partial charge in [-0.25, -0.2) is 13.6 Å². The second-order valence-corrected chi connectivity index (χ2v) is 8.73. The van der Waals surface area contributed by atoms with Crippen LogP contribution in [0.4, 0.5) is 0 Å². The number of aromatic nitrogens is 1. The number of nitrogens with two attached hydrogens (primary N) is 1. The third-order valence-corrected chi connectivity index (χ3v) is 6.16. The molecule has 1 aromatic heterocycles. The predicted octanol–water partition coefficient (Wildman–Crippen LogP) is 3.57. The molecule has 0 spiro atoms. The molecule has 1 heterocycles. The van der Waals surface area contributed by atoms with Crippen molar-refractivity contribution in [3.05, 3.63) is 83.2 Å². The summed E-state index contributed by atoms with van der Waals surface area (Å²) in [5.74, 6) is -0.131. The number of primary sulfonamides is 1. The summed E-state index contributed by atoms with van der Waals surface area (Å²) >= 11 is 0. The first kappa shape index (κ1) is 20.8. The van der Waals surface area contributed by atoms with Gasteiger partial charge in [0, 0.05) is 24.1 Å². The molecule has 6 nitrogen and oxygen atoms in total. The summed E-state index contributed by atoms with van der Waals surface area (Å²) in [6.45, 7) is 5.75. The maximum absolute atomic E-state index is 13.2. The lowest BCUT2D eigenvalue weighted by molar-refractivity contribution is 0.0742. The molecule has 1 unspecified atom stereocenters. The molecule has 0 fully saturated rings. The zero-order valence-electron chi connectivity index (χ0n) is 17.0. The van der Waals surface area contributed by atoms with Gasteiger partial charge in [0.15, 0.2) is 0 Å². The molecule has 2 aromatic carbocycles. The average Bonchev–Trinajstić information content (AvgIpc) is 3.00. The van der Waals surface area contributed by atoms with Crippen LogP contribution in [0, 0.1) is 13.8 Å². The third kappa shape index (κ3) is 4.11. The number of nitrogens with zero attached hydrogens (tertiary/aromatic N) is 2. The lowest BCUT2D eigenvalue weighted by Gasteiger charge is -2.26. The molecule has 29 heavy (non-hydrogen) atoms. The molecule has 0 bridgehead atoms. The van der Waals surface area contributed by atoms with E-state index in [1.807, 2.05) is 61.7 Å². The van der Waals surface area contributed by atoms with Crippen LogP contribution >= 0.6 is 0 Å². The lowest BCUT2D eigenvalue weighted by atomic mass is 10.1. The van der Waals surface area contributed by atoms with Crippen molar-refractivity contribution in [3.63, 3.8) is 0 Å². The number of benzene rings is 2. The van der Waals surface area contributed by atoms with Crippen molar-refractivity contribution in [1.82, 2.24) is 9.47 Å². The zero-order chi connectivity index (χ0) is 21.3. The number of carbonyl (C=O) groups is 1. The first-order valence-corrected chi connectivity index (χ1v) is 10.8. The van der Waals surface area contributed by atoms with Crippen LogP contribution in [0.25, 0.3) is 5.69 Å². The Balaban J connectivity index is 1.93. The fourth-order valence-electron chi connectivity index (χ4n) is 3.49. The second-order valence-electron chi connectivity index (χ2n) is 7.17. The van der Waals surface area contributed by atoms with E-state index in [-0.39, 0.29) is 16.8 Å². The van der Waals surface area contributed by atoms with Crippen molar-refractivity contribution in [2.24, 2.45) is 5.14 Å². The molecule has 152 valence electrons. The van der Waals surface area contributed by atoms with E-state index in [0.29, 0.717) is 11.1 Å². The number of aryl methyl sites for hydroxylation is 1. The summed E-state index contributed by atoms with van der Waals surface area (Å²) in [6.07, 6.45) is 0. The van der Waals surface area contributed by atoms with Crippen LogP contribution in [0.15, 0.2) is 65.6 Å². The van der Waals surface area contributed by atoms with Crippen LogP contribution in [0.2, 0.25) is 0 Å². The second kappa shape index (κ2) is 7.85. The van der Waals surface area contributed by atoms with E-state index in [9.17, 15) is 13.2 Å². The molecule has 0 aliphatic carbocycles. The molecule has 1 atom stereocenters. The van der Waals surface area contributed by atoms with Crippen LogP contribution in [0.3, 0.4) is 0 Å². The Morgan fingerprint density at radius 2 is 1.69 bits per heavy atom. The van der Waals surface area contributed by atoms with Gasteiger partial charge in [0.05, 0.1) is 16.5 Å². The first-order chi connectivity index (χ1) is 13.6. The Morgan fingerprint density at radius 3 is 2.31 bits per heavy atom. The Hall–Kier alpha value is -2.90. The summed E-state index contributed by atoms with van der Waals surface area (Å²) < 4.78 is 25.3. The van der Waals surface area contributed by atoms with Crippen molar-refractivity contribution in [1.29, 1.82) is 0 Å². The molecule has 2 N–H and O–H groups in total. The monoisotopic (exact) mass is 411 g/mol. The minimum Gasteiger partial charge on any atom is -0.335 e. The van der Waals surface area contributed by atoms with E-state index < -0.39 is 10.0 Å². The van der Waals surface area contributed by atoms with Gasteiger partial charge in [-0.05, 0) is 56.7 Å². The Labute approximate surface area is 171 Å². The minimum absolute atomic E-state index is 0.0324. The van der Waals surface area contributed by atoms with Crippen molar-refractivity contribution in [2.45, 2.75) is 31.7 Å². The molecule has 0 aliphatic rings. The van der Waals surface area contributed by atoms with E-state index >= 15 is 0 Å². The van der Waals surface area contributed by atoms with Crippen LogP contribution in [-0.2, 0) is 10.0 Å². The molecular weight excluding hydrogens is 386 g/mol. The fourth-order valence-corrected chi connectivity index (χ4v) is 4.06. The Bertz CT molecular complexity index is 1150. The zero-order valence-corrected chi connectivity index (χ0v) is 17.8. The van der Waals surface area contributed by atoms with Gasteiger partial charge in [-0.1, -0.05) is 30.3 Å². The van der Waals surface area contributed by atoms with Crippen LogP contribution in [0.5, 0.6) is 0 Å². The number of sulfonamides is 1. The number of hydrogen-bond donors (Lipinski definition) is 1. The highest BCUT2D eigenvalue weighted by Crippen LogP contribution is 2.26. The number of rotatable bonds is 5. The molecule has 0 aliphatic heterocycles. The van der Waals surface area contributed by atoms with E-state index in [1.165, 1.54) is 12.1 Å². The van der Waals surface area contributed by atoms with Gasteiger partial charge < -0.3 is 9.47 Å². The van der Waals surface area contributed by atoms with E-state index in [0.717, 1.165) is 17.1 Å². The van der Waals surface area contributed by atoms with Crippen molar-refractivity contribution in [2.75, 3.05) is 7.05 Å². The van der Waals surface area contributed by atoms with Crippen molar-refractivity contribution >= 4 is 15.9 Å². The van der Waals surface area contributed by atoms with Crippen LogP contribution in [-0.4, -0.2) is 30.8 Å². The van der Waals surface area contributed by atoms with E-state index in [4.69, 9.17) is 5.14 Å². The van der Waals surface area contributed by atoms with Crippen molar-refractivity contribution in [3.8, 4) is 5.69 Å². The normalized spacial score (nSPS) is 12.6. The van der Waals surface area contributed by atoms with Gasteiger partial charge >= 0.3 is 0 Å². The van der Waals surface area contributed by atoms with Crippen LogP contribution < -0.4 is 5.14 Å². The molecule has 3 aromatic rings. The molecule has 7 heteroatoms. The lowest BCUT2D eigenvalue weighted by Crippen LogP contribution is -2.30. The molecule has 0 radical (unpaired) electrons. The highest BCUT2D eigenvalue weighted by molar-refractivity contribution is 7.89. The SMILES string of the molecule is Cc1cc(C(=O)N(C)C(C)c2cccc(S(N)(=O)=O)c2)c(C)n1-c1ccccc1. The van der Waals surface area contributed by atoms with Gasteiger partial charge in [0.2, 0.25) is 10.0 Å². The molecule has 0 saturated carbocycles. The van der Waals surface area contributed by atoms with Gasteiger partial charge in [0.25, 0.3) is 5.91 Å². The van der Waals surface area contributed by atoms with E-state index in [2.05, 4.69) is 0 Å². The Kier molecular flexibility index (Phi) is 5.64.